The normalized spacial score (nSPS) is 11.0. The zero-order chi connectivity index (χ0) is 16.6. The van der Waals surface area contributed by atoms with Crippen molar-refractivity contribution in [2.45, 2.75) is 13.3 Å². The van der Waals surface area contributed by atoms with Gasteiger partial charge in [-0.3, -0.25) is 9.20 Å². The van der Waals surface area contributed by atoms with Crippen LogP contribution in [0.1, 0.15) is 23.1 Å². The minimum atomic E-state index is -0.443. The second-order valence-corrected chi connectivity index (χ2v) is 5.73. The Morgan fingerprint density at radius 3 is 2.74 bits per heavy atom. The smallest absolute Gasteiger partial charge is 0.274 e. The molecule has 4 nitrogen and oxygen atoms in total. The molecule has 2 heterocycles. The number of aromatic nitrogens is 2. The lowest BCUT2D eigenvalue weighted by molar-refractivity contribution is 0.102. The second-order valence-electron chi connectivity index (χ2n) is 4.92. The number of nitrogens with one attached hydrogen (secondary N) is 1. The number of hydrogen-bond donors (Lipinski definition) is 1. The number of anilines is 1. The lowest BCUT2D eigenvalue weighted by atomic mass is 10.2. The third-order valence-electron chi connectivity index (χ3n) is 3.38. The molecule has 118 valence electrons. The lowest BCUT2D eigenvalue weighted by Gasteiger charge is -2.07. The quantitative estimate of drug-likeness (QED) is 0.749. The molecule has 1 aromatic carbocycles. The Morgan fingerprint density at radius 1 is 1.26 bits per heavy atom. The average molecular weight is 352 g/mol. The first-order chi connectivity index (χ1) is 11.0. The predicted octanol–water partition coefficient (Wildman–Crippen LogP) is 4.59. The van der Waals surface area contributed by atoms with Crippen molar-refractivity contribution in [3.63, 3.8) is 0 Å². The number of hydrogen-bond acceptors (Lipinski definition) is 2. The maximum Gasteiger partial charge on any atom is 0.274 e. The van der Waals surface area contributed by atoms with E-state index in [1.54, 1.807) is 18.2 Å². The molecule has 0 aliphatic rings. The maximum atomic E-state index is 13.5. The van der Waals surface area contributed by atoms with Crippen molar-refractivity contribution in [1.82, 2.24) is 9.38 Å². The fourth-order valence-electron chi connectivity index (χ4n) is 2.32. The Bertz CT molecular complexity index is 908. The molecule has 0 aliphatic heterocycles. The van der Waals surface area contributed by atoms with Crippen LogP contribution < -0.4 is 5.32 Å². The van der Waals surface area contributed by atoms with Crippen molar-refractivity contribution in [2.75, 3.05) is 5.32 Å². The van der Waals surface area contributed by atoms with Gasteiger partial charge in [0, 0.05) is 11.9 Å². The van der Waals surface area contributed by atoms with Crippen molar-refractivity contribution in [3.05, 3.63) is 63.8 Å². The van der Waals surface area contributed by atoms with Gasteiger partial charge in [-0.25, -0.2) is 9.37 Å². The second kappa shape index (κ2) is 6.18. The van der Waals surface area contributed by atoms with E-state index in [0.717, 1.165) is 0 Å². The number of rotatable bonds is 3. The van der Waals surface area contributed by atoms with Crippen molar-refractivity contribution in [2.24, 2.45) is 0 Å². The van der Waals surface area contributed by atoms with Crippen LogP contribution in [-0.4, -0.2) is 15.3 Å². The highest BCUT2D eigenvalue weighted by atomic mass is 35.5. The van der Waals surface area contributed by atoms with Crippen LogP contribution in [0.3, 0.4) is 0 Å². The maximum absolute atomic E-state index is 13.5. The number of halogens is 3. The van der Waals surface area contributed by atoms with Crippen LogP contribution in [0.4, 0.5) is 10.1 Å². The van der Waals surface area contributed by atoms with Crippen molar-refractivity contribution in [1.29, 1.82) is 0 Å². The third kappa shape index (κ3) is 3.02. The fraction of sp³-hybridized carbons (Fsp3) is 0.125. The molecule has 0 aliphatic carbocycles. The topological polar surface area (TPSA) is 46.4 Å². The largest absolute Gasteiger partial charge is 0.321 e. The summed E-state index contributed by atoms with van der Waals surface area (Å²) in [6.07, 6.45) is 1.79. The first kappa shape index (κ1) is 15.8. The van der Waals surface area contributed by atoms with Crippen LogP contribution in [0.5, 0.6) is 0 Å². The zero-order valence-electron chi connectivity index (χ0n) is 12.1. The average Bonchev–Trinajstić information content (AvgIpc) is 2.88. The molecular formula is C16H12Cl2FN3O. The fourth-order valence-corrected chi connectivity index (χ4v) is 2.62. The number of amides is 1. The van der Waals surface area contributed by atoms with E-state index in [1.807, 2.05) is 6.92 Å². The molecule has 0 fully saturated rings. The molecule has 0 spiro atoms. The van der Waals surface area contributed by atoms with Gasteiger partial charge in [0.25, 0.3) is 5.91 Å². The number of benzene rings is 1. The molecule has 1 N–H and O–H groups in total. The summed E-state index contributed by atoms with van der Waals surface area (Å²) in [6, 6.07) is 7.63. The van der Waals surface area contributed by atoms with Gasteiger partial charge in [-0.15, -0.1) is 0 Å². The van der Waals surface area contributed by atoms with Gasteiger partial charge < -0.3 is 5.32 Å². The number of carbonyl (C=O) groups is 1. The number of nitrogens with zero attached hydrogens (tertiary/aromatic N) is 2. The summed E-state index contributed by atoms with van der Waals surface area (Å²) in [5, 5.41) is 3.47. The lowest BCUT2D eigenvalue weighted by Crippen LogP contribution is -2.16. The Labute approximate surface area is 141 Å². The van der Waals surface area contributed by atoms with Gasteiger partial charge in [-0.1, -0.05) is 30.1 Å². The summed E-state index contributed by atoms with van der Waals surface area (Å²) in [5.41, 5.74) is 1.90. The molecule has 0 saturated heterocycles. The Morgan fingerprint density at radius 2 is 2.04 bits per heavy atom. The van der Waals surface area contributed by atoms with Crippen LogP contribution in [0, 0.1) is 5.82 Å². The van der Waals surface area contributed by atoms with Crippen LogP contribution in [0.15, 0.2) is 36.5 Å². The Hall–Kier alpha value is -2.11. The number of carbonyl (C=O) groups excluding carboxylic acids is 1. The standard InChI is InChI=1S/C16H12Cl2FN3O/c1-2-13-15(22-8-9(19)3-6-14(22)21-13)16(23)20-10-4-5-11(17)12(18)7-10/h3-8H,2H2,1H3,(H,20,23). The third-order valence-corrected chi connectivity index (χ3v) is 4.12. The van der Waals surface area contributed by atoms with E-state index in [1.165, 1.54) is 22.7 Å². The molecular weight excluding hydrogens is 340 g/mol. The first-order valence-corrected chi connectivity index (χ1v) is 7.68. The van der Waals surface area contributed by atoms with Crippen LogP contribution in [0.2, 0.25) is 10.0 Å². The highest BCUT2D eigenvalue weighted by Crippen LogP contribution is 2.25. The summed E-state index contributed by atoms with van der Waals surface area (Å²) in [6.45, 7) is 1.88. The number of pyridine rings is 1. The first-order valence-electron chi connectivity index (χ1n) is 6.92. The van der Waals surface area contributed by atoms with Gasteiger partial charge in [0.15, 0.2) is 0 Å². The minimum absolute atomic E-state index is 0.299. The van der Waals surface area contributed by atoms with Crippen molar-refractivity contribution >= 4 is 40.4 Å². The number of imidazole rings is 1. The molecule has 7 heteroatoms. The predicted molar refractivity (Wildman–Crippen MR) is 88.9 cm³/mol. The Balaban J connectivity index is 2.02. The van der Waals surface area contributed by atoms with E-state index < -0.39 is 11.7 Å². The molecule has 0 bridgehead atoms. The SMILES string of the molecule is CCc1nc2ccc(F)cn2c1C(=O)Nc1ccc(Cl)c(Cl)c1. The van der Waals surface area contributed by atoms with E-state index in [-0.39, 0.29) is 0 Å². The molecule has 0 atom stereocenters. The minimum Gasteiger partial charge on any atom is -0.321 e. The molecule has 3 aromatic rings. The van der Waals surface area contributed by atoms with Crippen molar-refractivity contribution in [3.8, 4) is 0 Å². The van der Waals surface area contributed by atoms with Gasteiger partial charge in [-0.2, -0.15) is 0 Å². The molecule has 0 radical (unpaired) electrons. The zero-order valence-corrected chi connectivity index (χ0v) is 13.6. The van der Waals surface area contributed by atoms with Gasteiger partial charge in [-0.05, 0) is 36.8 Å². The van der Waals surface area contributed by atoms with Crippen LogP contribution in [-0.2, 0) is 6.42 Å². The molecule has 1 amide bonds. The number of fused-ring (bicyclic) bond motifs is 1. The van der Waals surface area contributed by atoms with Gasteiger partial charge in [0.1, 0.15) is 17.2 Å². The van der Waals surface area contributed by atoms with E-state index >= 15 is 0 Å². The molecule has 0 unspecified atom stereocenters. The van der Waals surface area contributed by atoms with E-state index in [9.17, 15) is 9.18 Å². The molecule has 3 rings (SSSR count). The highest BCUT2D eigenvalue weighted by molar-refractivity contribution is 6.42. The highest BCUT2D eigenvalue weighted by Gasteiger charge is 2.19. The van der Waals surface area contributed by atoms with Gasteiger partial charge in [0.05, 0.1) is 15.7 Å². The number of aryl methyl sites for hydroxylation is 1. The van der Waals surface area contributed by atoms with E-state index in [0.29, 0.717) is 39.2 Å². The van der Waals surface area contributed by atoms with E-state index in [4.69, 9.17) is 23.2 Å². The van der Waals surface area contributed by atoms with E-state index in [2.05, 4.69) is 10.3 Å². The summed E-state index contributed by atoms with van der Waals surface area (Å²) >= 11 is 11.8. The van der Waals surface area contributed by atoms with Gasteiger partial charge in [0.2, 0.25) is 0 Å². The molecule has 23 heavy (non-hydrogen) atoms. The van der Waals surface area contributed by atoms with Crippen molar-refractivity contribution < 1.29 is 9.18 Å². The summed E-state index contributed by atoms with van der Waals surface area (Å²) in [4.78, 5) is 17.0. The van der Waals surface area contributed by atoms with Crippen LogP contribution in [0.25, 0.3) is 5.65 Å². The Kier molecular flexibility index (Phi) is 4.24. The molecule has 2 aromatic heterocycles. The van der Waals surface area contributed by atoms with Crippen LogP contribution >= 0.6 is 23.2 Å². The monoisotopic (exact) mass is 351 g/mol. The molecule has 0 saturated carbocycles. The summed E-state index contributed by atoms with van der Waals surface area (Å²) in [7, 11) is 0. The van der Waals surface area contributed by atoms with Gasteiger partial charge >= 0.3 is 0 Å². The summed E-state index contributed by atoms with van der Waals surface area (Å²) in [5.74, 6) is -0.834. The summed E-state index contributed by atoms with van der Waals surface area (Å²) < 4.78 is 15.0.